The van der Waals surface area contributed by atoms with Gasteiger partial charge in [-0.25, -0.2) is 0 Å². The number of carbonyl (C=O) groups is 1. The first-order valence-corrected chi connectivity index (χ1v) is 64.3. The molecule has 17 nitrogen and oxygen atoms in total. The Bertz CT molecular complexity index is 4130. The molecule has 7 fully saturated rings. The predicted molar refractivity (Wildman–Crippen MR) is 538 cm³/mol. The standard InChI is InChI=1S/C106H174O17Si6/c1-30-125(31-2,32-3)118-92-72-103(27,97(89-60-65-105(114-89)63-48-57-87(113-105)81(16)98(108)109)121-129(123-99(17,18)19,84-53-44-38-45-54-84)85-55-46-39-47-56-85)117-95(92)91-73-104(74-111-128(101(23,24)25,82-49-40-36-41-50-82)83-51-42-37-43-52-83)66-67-106(115-91,122-104)93-61-64-102(26,116-93)71-79(14)69-78(13)58-59-88-86(107)70-90(112-88)96(120-126(33-4,34-5)35-6)94(119-124(28,29)100(20,21)22)80(15)62-68-110-127(75(7)8,76(9)10)77(11)12/h36-47,49-56,58-59,69,75-77,79-81,86-97,107H,30-35,48,57,60-68,70-74H2,1-29H3,(H,108,109)/b59-58+,78-69+/t79-,80+,81+,86+,87-,88+,89-,90-,91+,92+,93+,94+,95+,96+,97-,102+,103+,104-,105-,106+/m0/s1. The molecular formula is C106H174O17Si6. The molecule has 2 N–H and O–H groups in total. The molecule has 11 rings (SSSR count). The molecule has 7 saturated heterocycles. The molecule has 0 aliphatic carbocycles. The number of aliphatic carboxylic acids is 1. The number of hydrogen-bond donors (Lipinski definition) is 2. The fraction of sp³-hybridized carbons (Fsp3) is 0.726. The largest absolute Gasteiger partial charge is 0.481 e. The number of allylic oxidation sites excluding steroid dienone is 3. The van der Waals surface area contributed by atoms with E-state index in [0.717, 1.165) is 77.9 Å². The first kappa shape index (κ1) is 106. The molecule has 0 radical (unpaired) electrons. The zero-order valence-corrected chi connectivity index (χ0v) is 91.2. The summed E-state index contributed by atoms with van der Waals surface area (Å²) in [5.41, 5.74) is -0.707. The number of fused-ring (bicyclic) bond motifs is 2. The molecule has 0 aromatic heterocycles. The number of rotatable bonds is 43. The van der Waals surface area contributed by atoms with Crippen molar-refractivity contribution in [1.29, 1.82) is 0 Å². The minimum Gasteiger partial charge on any atom is -0.481 e. The Morgan fingerprint density at radius 2 is 1.13 bits per heavy atom. The number of hydrogen-bond acceptors (Lipinski definition) is 16. The van der Waals surface area contributed by atoms with Crippen LogP contribution in [0.25, 0.3) is 0 Å². The Morgan fingerprint density at radius 1 is 0.589 bits per heavy atom. The second kappa shape index (κ2) is 42.5. The van der Waals surface area contributed by atoms with Gasteiger partial charge in [0.25, 0.3) is 8.32 Å². The molecule has 7 aliphatic rings. The van der Waals surface area contributed by atoms with Gasteiger partial charge in [0, 0.05) is 45.1 Å². The number of aliphatic hydroxyl groups excluding tert-OH is 1. The average molecular weight is 1890 g/mol. The molecule has 0 amide bonds. The van der Waals surface area contributed by atoms with E-state index in [1.165, 1.54) is 10.4 Å². The lowest BCUT2D eigenvalue weighted by Crippen LogP contribution is -2.70. The van der Waals surface area contributed by atoms with Gasteiger partial charge in [-0.1, -0.05) is 284 Å². The first-order valence-electron chi connectivity index (χ1n) is 50.5. The van der Waals surface area contributed by atoms with Crippen LogP contribution in [0.5, 0.6) is 0 Å². The van der Waals surface area contributed by atoms with E-state index in [1.807, 2.05) is 12.1 Å². The van der Waals surface area contributed by atoms with Crippen molar-refractivity contribution in [3.05, 3.63) is 145 Å². The molecule has 724 valence electrons. The molecular weight excluding hydrogens is 1710 g/mol. The third-order valence-corrected chi connectivity index (χ3v) is 60.7. The van der Waals surface area contributed by atoms with Crippen molar-refractivity contribution in [3.8, 4) is 0 Å². The number of ether oxygens (including phenoxy) is 7. The topological polar surface area (TPSA) is 187 Å². The molecule has 0 unspecified atom stereocenters. The van der Waals surface area contributed by atoms with Crippen LogP contribution >= 0.6 is 0 Å². The van der Waals surface area contributed by atoms with Crippen LogP contribution in [-0.4, -0.2) is 187 Å². The van der Waals surface area contributed by atoms with Crippen LogP contribution < -0.4 is 20.7 Å². The van der Waals surface area contributed by atoms with Crippen LogP contribution in [0.2, 0.25) is 76.1 Å². The Hall–Kier alpha value is -3.47. The Morgan fingerprint density at radius 3 is 1.64 bits per heavy atom. The summed E-state index contributed by atoms with van der Waals surface area (Å²) in [6.45, 7) is 67.2. The second-order valence-corrected chi connectivity index (χ2v) is 72.2. The van der Waals surface area contributed by atoms with E-state index in [9.17, 15) is 15.0 Å². The highest BCUT2D eigenvalue weighted by Gasteiger charge is 2.69. The summed E-state index contributed by atoms with van der Waals surface area (Å²) >= 11 is 0. The zero-order valence-electron chi connectivity index (χ0n) is 85.2. The lowest BCUT2D eigenvalue weighted by Gasteiger charge is -2.50. The maximum absolute atomic E-state index is 12.8. The van der Waals surface area contributed by atoms with Gasteiger partial charge in [0.15, 0.2) is 44.8 Å². The van der Waals surface area contributed by atoms with Crippen LogP contribution in [0.3, 0.4) is 0 Å². The van der Waals surface area contributed by atoms with Crippen molar-refractivity contribution in [1.82, 2.24) is 0 Å². The summed E-state index contributed by atoms with van der Waals surface area (Å²) in [6.07, 6.45) is 9.10. The lowest BCUT2D eigenvalue weighted by atomic mass is 9.87. The van der Waals surface area contributed by atoms with Crippen LogP contribution in [0.1, 0.15) is 277 Å². The van der Waals surface area contributed by atoms with E-state index in [1.54, 1.807) is 6.92 Å². The number of benzene rings is 4. The maximum Gasteiger partial charge on any atom is 0.407 e. The van der Waals surface area contributed by atoms with Gasteiger partial charge < -0.3 is 74.4 Å². The van der Waals surface area contributed by atoms with Crippen molar-refractivity contribution in [3.63, 3.8) is 0 Å². The molecule has 20 atom stereocenters. The fourth-order valence-electron chi connectivity index (χ4n) is 23.7. The number of aliphatic hydroxyl groups is 1. The summed E-state index contributed by atoms with van der Waals surface area (Å²) in [5.74, 6) is -3.67. The van der Waals surface area contributed by atoms with Gasteiger partial charge in [0.05, 0.1) is 83.8 Å². The summed E-state index contributed by atoms with van der Waals surface area (Å²) < 4.78 is 109. The maximum atomic E-state index is 12.8. The molecule has 4 aromatic rings. The van der Waals surface area contributed by atoms with Gasteiger partial charge in [0.2, 0.25) is 0 Å². The van der Waals surface area contributed by atoms with Gasteiger partial charge >= 0.3 is 14.5 Å². The smallest absolute Gasteiger partial charge is 0.407 e. The summed E-state index contributed by atoms with van der Waals surface area (Å²) in [5, 5.41) is 26.8. The summed E-state index contributed by atoms with van der Waals surface area (Å²) in [6, 6.07) is 48.6. The van der Waals surface area contributed by atoms with E-state index in [2.05, 4.69) is 321 Å². The van der Waals surface area contributed by atoms with E-state index in [4.69, 9.17) is 64.1 Å². The van der Waals surface area contributed by atoms with Crippen molar-refractivity contribution in [2.75, 3.05) is 13.2 Å². The van der Waals surface area contributed by atoms with Crippen molar-refractivity contribution in [2.24, 2.45) is 17.8 Å². The Balaban J connectivity index is 0.938. The Labute approximate surface area is 787 Å². The minimum absolute atomic E-state index is 0.0465. The Kier molecular flexibility index (Phi) is 34.9. The first-order chi connectivity index (χ1) is 60.5. The van der Waals surface area contributed by atoms with Gasteiger partial charge in [0.1, 0.15) is 24.4 Å². The van der Waals surface area contributed by atoms with Crippen LogP contribution in [0.15, 0.2) is 145 Å². The highest BCUT2D eigenvalue weighted by atomic mass is 28.4. The molecule has 23 heteroatoms. The lowest BCUT2D eigenvalue weighted by molar-refractivity contribution is -0.368. The fourth-order valence-corrected chi connectivity index (χ4v) is 44.7. The number of carboxylic acid groups (broad SMARTS) is 1. The number of carboxylic acids is 1. The zero-order chi connectivity index (χ0) is 94.6. The van der Waals surface area contributed by atoms with E-state index in [0.29, 0.717) is 94.0 Å². The van der Waals surface area contributed by atoms with Crippen molar-refractivity contribution >= 4 is 76.9 Å². The molecule has 2 bridgehead atoms. The summed E-state index contributed by atoms with van der Waals surface area (Å²) in [4.78, 5) is 12.8. The van der Waals surface area contributed by atoms with E-state index >= 15 is 0 Å². The van der Waals surface area contributed by atoms with E-state index < -0.39 is 151 Å². The van der Waals surface area contributed by atoms with Gasteiger partial charge in [-0.2, -0.15) is 0 Å². The molecule has 7 heterocycles. The second-order valence-electron chi connectivity index (χ2n) is 45.4. The minimum atomic E-state index is -3.85. The van der Waals surface area contributed by atoms with Gasteiger partial charge in [-0.05, 0) is 208 Å². The average Bonchev–Trinajstić information content (AvgIpc) is 1.56. The molecule has 4 aromatic carbocycles. The third kappa shape index (κ3) is 23.3. The summed E-state index contributed by atoms with van der Waals surface area (Å²) in [7, 11) is -16.3. The van der Waals surface area contributed by atoms with Gasteiger partial charge in [-0.15, -0.1) is 0 Å². The van der Waals surface area contributed by atoms with Gasteiger partial charge in [-0.3, -0.25) is 4.79 Å². The highest BCUT2D eigenvalue weighted by molar-refractivity contribution is 6.99. The molecule has 7 aliphatic heterocycles. The monoisotopic (exact) mass is 1890 g/mol. The predicted octanol–water partition coefficient (Wildman–Crippen LogP) is 23.1. The molecule has 1 spiro atoms. The van der Waals surface area contributed by atoms with Crippen LogP contribution in [0.4, 0.5) is 0 Å². The quantitative estimate of drug-likeness (QED) is 0.0314. The third-order valence-electron chi connectivity index (χ3n) is 32.1. The molecule has 129 heavy (non-hydrogen) atoms. The van der Waals surface area contributed by atoms with Crippen molar-refractivity contribution in [2.45, 2.75) is 460 Å². The van der Waals surface area contributed by atoms with Crippen molar-refractivity contribution < 1.29 is 79.1 Å². The van der Waals surface area contributed by atoms with Crippen LogP contribution in [0, 0.1) is 17.8 Å². The molecule has 0 saturated carbocycles. The van der Waals surface area contributed by atoms with Crippen LogP contribution in [-0.2, 0) is 68.9 Å². The highest BCUT2D eigenvalue weighted by Crippen LogP contribution is 2.58. The van der Waals surface area contributed by atoms with E-state index in [-0.39, 0.29) is 40.2 Å². The SMILES string of the molecule is CC[Si](CC)(CC)O[C@@H]([C@H](O[Si](C)(C)C(C)(C)C)[C@H](C)CCO[Si](C(C)C)(C(C)C)C(C)C)[C@@H]1C[C@@H](O)[C@@H](/C=C/C(C)=C/[C@H](C)C[C@@]2(C)CC[C@H]([C@]34CC[C@@](CO[Si](c5ccccc5)(c5ccccc5)C(C)(C)C)(C[C@H]([C@H]5O[C@@](C)([C@@H](O[Si](OC(C)(C)C)(c6ccccc6)c6ccccc6)[C@@H]6CC[C@]7(CCC[C@@H]([C@@H](C)C(=O)O)O7)O6)C[C@H]5O[Si](CC)(CC)CC)O3)O4)O2)O1. The normalized spacial score (nSPS) is 29.9.